The maximum Gasteiger partial charge on any atom is 0.0998 e. The second-order valence-corrected chi connectivity index (χ2v) is 13.9. The minimum Gasteiger partial charge on any atom is -0.309 e. The van der Waals surface area contributed by atoms with E-state index in [1.54, 1.807) is 0 Å². The first-order valence-corrected chi connectivity index (χ1v) is 18.4. The molecule has 0 saturated carbocycles. The molecule has 1 aromatic heterocycles. The molecule has 9 aromatic carbocycles. The maximum absolute atomic E-state index is 10.4. The lowest BCUT2D eigenvalue weighted by Gasteiger charge is -2.18. The molecule has 1 heterocycles. The fraction of sp³-hybridized carbons (Fsp3) is 0. The van der Waals surface area contributed by atoms with Crippen LogP contribution in [0.15, 0.2) is 188 Å². The number of para-hydroxylation sites is 1. The highest BCUT2D eigenvalue weighted by molar-refractivity contribution is 6.21. The highest BCUT2D eigenvalue weighted by atomic mass is 15.0. The molecular formula is C52H31N3. The fourth-order valence-electron chi connectivity index (χ4n) is 8.36. The lowest BCUT2D eigenvalue weighted by atomic mass is 9.85. The summed E-state index contributed by atoms with van der Waals surface area (Å²) in [5.41, 5.74) is 13.2. The first-order chi connectivity index (χ1) is 27.2. The summed E-state index contributed by atoms with van der Waals surface area (Å²) in [6.45, 7) is 0. The van der Waals surface area contributed by atoms with Crippen LogP contribution < -0.4 is 0 Å². The molecular weight excluding hydrogens is 667 g/mol. The standard InChI is InChI=1S/C52H31N3/c53-32-34-18-29-50-48(30-34)43-12-8-9-17-49(43)55(50)41-26-23-35(24-27-41)39-25-28-42(40(31-39)33-54)36-19-21-38(22-20-36)52-46-15-6-4-13-44(46)51(37-10-2-1-3-11-37)45-14-5-7-16-47(45)52/h1-31H. The van der Waals surface area contributed by atoms with Crippen molar-refractivity contribution < 1.29 is 0 Å². The molecule has 3 heteroatoms. The zero-order chi connectivity index (χ0) is 36.9. The van der Waals surface area contributed by atoms with Crippen LogP contribution in [0.25, 0.3) is 93.5 Å². The van der Waals surface area contributed by atoms with Gasteiger partial charge in [-0.05, 0) is 109 Å². The van der Waals surface area contributed by atoms with Gasteiger partial charge in [0.25, 0.3) is 0 Å². The molecule has 3 nitrogen and oxygen atoms in total. The van der Waals surface area contributed by atoms with Gasteiger partial charge in [0, 0.05) is 16.5 Å². The monoisotopic (exact) mass is 697 g/mol. The van der Waals surface area contributed by atoms with E-state index in [1.165, 1.54) is 38.2 Å². The number of nitrogens with zero attached hydrogens (tertiary/aromatic N) is 3. The second-order valence-electron chi connectivity index (χ2n) is 13.9. The molecule has 0 aliphatic rings. The Labute approximate surface area is 318 Å². The summed E-state index contributed by atoms with van der Waals surface area (Å²) in [5.74, 6) is 0. The third kappa shape index (κ3) is 5.27. The Morgan fingerprint density at radius 3 is 1.47 bits per heavy atom. The number of hydrogen-bond acceptors (Lipinski definition) is 2. The molecule has 0 bridgehead atoms. The van der Waals surface area contributed by atoms with E-state index in [-0.39, 0.29) is 0 Å². The van der Waals surface area contributed by atoms with Gasteiger partial charge in [0.1, 0.15) is 0 Å². The van der Waals surface area contributed by atoms with Gasteiger partial charge in [0.05, 0.1) is 34.3 Å². The van der Waals surface area contributed by atoms with Gasteiger partial charge < -0.3 is 4.57 Å². The predicted molar refractivity (Wildman–Crippen MR) is 227 cm³/mol. The van der Waals surface area contributed by atoms with Crippen molar-refractivity contribution in [2.45, 2.75) is 0 Å². The van der Waals surface area contributed by atoms with Crippen LogP contribution in [-0.4, -0.2) is 4.57 Å². The third-order valence-electron chi connectivity index (χ3n) is 10.9. The first kappa shape index (κ1) is 32.0. The molecule has 0 amide bonds. The molecule has 10 rings (SSSR count). The molecule has 0 aliphatic heterocycles. The van der Waals surface area contributed by atoms with Crippen LogP contribution in [0, 0.1) is 22.7 Å². The zero-order valence-electron chi connectivity index (χ0n) is 29.7. The Morgan fingerprint density at radius 2 is 0.855 bits per heavy atom. The number of fused-ring (bicyclic) bond motifs is 5. The molecule has 0 atom stereocenters. The average molecular weight is 698 g/mol. The number of nitriles is 2. The van der Waals surface area contributed by atoms with Crippen LogP contribution in [0.5, 0.6) is 0 Å². The normalized spacial score (nSPS) is 11.2. The number of rotatable bonds is 5. The van der Waals surface area contributed by atoms with E-state index in [4.69, 9.17) is 0 Å². The van der Waals surface area contributed by atoms with Crippen LogP contribution in [0.3, 0.4) is 0 Å². The van der Waals surface area contributed by atoms with Gasteiger partial charge >= 0.3 is 0 Å². The minimum absolute atomic E-state index is 0.633. The van der Waals surface area contributed by atoms with Crippen molar-refractivity contribution in [2.75, 3.05) is 0 Å². The Morgan fingerprint density at radius 1 is 0.345 bits per heavy atom. The van der Waals surface area contributed by atoms with E-state index in [0.717, 1.165) is 55.3 Å². The predicted octanol–water partition coefficient (Wildman–Crippen LogP) is 13.5. The zero-order valence-corrected chi connectivity index (χ0v) is 29.7. The smallest absolute Gasteiger partial charge is 0.0998 e. The maximum atomic E-state index is 10.4. The van der Waals surface area contributed by atoms with Crippen LogP contribution in [0.1, 0.15) is 11.1 Å². The van der Waals surface area contributed by atoms with E-state index in [1.807, 2.05) is 36.4 Å². The third-order valence-corrected chi connectivity index (χ3v) is 10.9. The highest BCUT2D eigenvalue weighted by Crippen LogP contribution is 2.44. The van der Waals surface area contributed by atoms with Gasteiger partial charge in [-0.3, -0.25) is 0 Å². The molecule has 0 saturated heterocycles. The van der Waals surface area contributed by atoms with Crippen LogP contribution in [0.4, 0.5) is 0 Å². The topological polar surface area (TPSA) is 52.5 Å². The van der Waals surface area contributed by atoms with Crippen LogP contribution in [0.2, 0.25) is 0 Å². The molecule has 254 valence electrons. The SMILES string of the molecule is N#Cc1ccc2c(c1)c1ccccc1n2-c1ccc(-c2ccc(-c3ccc(-c4c5ccccc5c(-c5ccccc5)c5ccccc45)cc3)c(C#N)c2)cc1. The molecule has 55 heavy (non-hydrogen) atoms. The summed E-state index contributed by atoms with van der Waals surface area (Å²) >= 11 is 0. The van der Waals surface area contributed by atoms with Gasteiger partial charge in [0.2, 0.25) is 0 Å². The minimum atomic E-state index is 0.633. The summed E-state index contributed by atoms with van der Waals surface area (Å²) in [5, 5.41) is 27.0. The van der Waals surface area contributed by atoms with Crippen molar-refractivity contribution in [1.29, 1.82) is 10.5 Å². The lowest BCUT2D eigenvalue weighted by molar-refractivity contribution is 1.18. The molecule has 10 aromatic rings. The molecule has 0 aliphatic carbocycles. The molecule has 0 unspecified atom stereocenters. The van der Waals surface area contributed by atoms with E-state index in [2.05, 4.69) is 168 Å². The molecule has 0 radical (unpaired) electrons. The van der Waals surface area contributed by atoms with Crippen LogP contribution in [-0.2, 0) is 0 Å². The van der Waals surface area contributed by atoms with Crippen molar-refractivity contribution in [3.63, 3.8) is 0 Å². The molecule has 0 N–H and O–H groups in total. The Kier molecular flexibility index (Phi) is 7.58. The number of aromatic nitrogens is 1. The molecule has 0 spiro atoms. The summed E-state index contributed by atoms with van der Waals surface area (Å²) in [7, 11) is 0. The quantitative estimate of drug-likeness (QED) is 0.168. The van der Waals surface area contributed by atoms with E-state index >= 15 is 0 Å². The Bertz CT molecular complexity index is 3140. The van der Waals surface area contributed by atoms with Crippen molar-refractivity contribution in [2.24, 2.45) is 0 Å². The van der Waals surface area contributed by atoms with Crippen molar-refractivity contribution in [1.82, 2.24) is 4.57 Å². The Hall–Kier alpha value is -7.72. The summed E-state index contributed by atoms with van der Waals surface area (Å²) in [6, 6.07) is 70.3. The lowest BCUT2D eigenvalue weighted by Crippen LogP contribution is -1.94. The number of hydrogen-bond donors (Lipinski definition) is 0. The average Bonchev–Trinajstić information content (AvgIpc) is 3.59. The van der Waals surface area contributed by atoms with Gasteiger partial charge in [-0.15, -0.1) is 0 Å². The van der Waals surface area contributed by atoms with Crippen molar-refractivity contribution in [3.05, 3.63) is 199 Å². The summed E-state index contributed by atoms with van der Waals surface area (Å²) in [4.78, 5) is 0. The Balaban J connectivity index is 1.01. The number of benzene rings is 9. The van der Waals surface area contributed by atoms with Gasteiger partial charge in [0.15, 0.2) is 0 Å². The van der Waals surface area contributed by atoms with Crippen molar-refractivity contribution in [3.8, 4) is 62.3 Å². The molecule has 0 fully saturated rings. The second kappa shape index (κ2) is 13.0. The van der Waals surface area contributed by atoms with E-state index in [9.17, 15) is 10.5 Å². The van der Waals surface area contributed by atoms with E-state index in [0.29, 0.717) is 11.1 Å². The van der Waals surface area contributed by atoms with E-state index < -0.39 is 0 Å². The van der Waals surface area contributed by atoms with Crippen molar-refractivity contribution >= 4 is 43.4 Å². The summed E-state index contributed by atoms with van der Waals surface area (Å²) in [6.07, 6.45) is 0. The first-order valence-electron chi connectivity index (χ1n) is 18.4. The highest BCUT2D eigenvalue weighted by Gasteiger charge is 2.17. The fourth-order valence-corrected chi connectivity index (χ4v) is 8.36. The largest absolute Gasteiger partial charge is 0.309 e. The van der Waals surface area contributed by atoms with Crippen LogP contribution >= 0.6 is 0 Å². The van der Waals surface area contributed by atoms with Gasteiger partial charge in [-0.25, -0.2) is 0 Å². The van der Waals surface area contributed by atoms with Gasteiger partial charge in [-0.2, -0.15) is 10.5 Å². The summed E-state index contributed by atoms with van der Waals surface area (Å²) < 4.78 is 2.24. The van der Waals surface area contributed by atoms with Gasteiger partial charge in [-0.1, -0.05) is 146 Å².